The smallest absolute Gasteiger partial charge is 0.142 e. The fraction of sp³-hybridized carbons (Fsp3) is 0.353. The van der Waals surface area contributed by atoms with E-state index in [0.29, 0.717) is 5.92 Å². The van der Waals surface area contributed by atoms with Gasteiger partial charge in [-0.05, 0) is 42.5 Å². The SMILES string of the molecule is COc1cccnc1C(NN)C1CCCc2ccccc21. The van der Waals surface area contributed by atoms with E-state index in [9.17, 15) is 0 Å². The van der Waals surface area contributed by atoms with Gasteiger partial charge >= 0.3 is 0 Å². The molecule has 21 heavy (non-hydrogen) atoms. The first-order chi connectivity index (χ1) is 10.3. The Bertz CT molecular complexity index is 614. The van der Waals surface area contributed by atoms with Crippen LogP contribution in [0.4, 0.5) is 0 Å². The molecule has 2 atom stereocenters. The number of fused-ring (bicyclic) bond motifs is 1. The van der Waals surface area contributed by atoms with Crippen LogP contribution in [0.2, 0.25) is 0 Å². The van der Waals surface area contributed by atoms with Crippen LogP contribution in [0, 0.1) is 0 Å². The zero-order chi connectivity index (χ0) is 14.7. The molecule has 4 heteroatoms. The van der Waals surface area contributed by atoms with Gasteiger partial charge in [0.15, 0.2) is 0 Å². The average Bonchev–Trinajstić information content (AvgIpc) is 2.56. The van der Waals surface area contributed by atoms with Gasteiger partial charge in [-0.3, -0.25) is 16.3 Å². The Labute approximate surface area is 125 Å². The van der Waals surface area contributed by atoms with E-state index in [0.717, 1.165) is 24.3 Å². The summed E-state index contributed by atoms with van der Waals surface area (Å²) in [7, 11) is 1.67. The third-order valence-corrected chi connectivity index (χ3v) is 4.31. The average molecular weight is 283 g/mol. The Morgan fingerprint density at radius 3 is 2.95 bits per heavy atom. The molecule has 4 nitrogen and oxygen atoms in total. The molecule has 2 aromatic rings. The van der Waals surface area contributed by atoms with E-state index in [2.05, 4.69) is 34.7 Å². The Hall–Kier alpha value is -1.91. The second-order valence-electron chi connectivity index (χ2n) is 5.43. The van der Waals surface area contributed by atoms with Crippen molar-refractivity contribution in [2.75, 3.05) is 7.11 Å². The van der Waals surface area contributed by atoms with Gasteiger partial charge in [-0.25, -0.2) is 0 Å². The Kier molecular flexibility index (Phi) is 4.18. The van der Waals surface area contributed by atoms with Crippen LogP contribution in [-0.2, 0) is 6.42 Å². The number of hydrazine groups is 1. The number of nitrogens with zero attached hydrogens (tertiary/aromatic N) is 1. The molecule has 0 radical (unpaired) electrons. The van der Waals surface area contributed by atoms with Crippen molar-refractivity contribution in [3.05, 3.63) is 59.4 Å². The second kappa shape index (κ2) is 6.24. The van der Waals surface area contributed by atoms with E-state index in [4.69, 9.17) is 10.6 Å². The molecule has 1 heterocycles. The first kappa shape index (κ1) is 14.0. The van der Waals surface area contributed by atoms with Crippen molar-refractivity contribution >= 4 is 0 Å². The lowest BCUT2D eigenvalue weighted by Crippen LogP contribution is -2.34. The van der Waals surface area contributed by atoms with Crippen LogP contribution in [0.15, 0.2) is 42.6 Å². The minimum absolute atomic E-state index is 0.0393. The van der Waals surface area contributed by atoms with E-state index in [-0.39, 0.29) is 6.04 Å². The third kappa shape index (κ3) is 2.64. The quantitative estimate of drug-likeness (QED) is 0.669. The summed E-state index contributed by atoms with van der Waals surface area (Å²) >= 11 is 0. The lowest BCUT2D eigenvalue weighted by Gasteiger charge is -2.32. The monoisotopic (exact) mass is 283 g/mol. The number of hydrogen-bond acceptors (Lipinski definition) is 4. The van der Waals surface area contributed by atoms with Gasteiger partial charge in [-0.15, -0.1) is 0 Å². The number of nitrogens with one attached hydrogen (secondary N) is 1. The number of aromatic nitrogens is 1. The molecule has 110 valence electrons. The van der Waals surface area contributed by atoms with Crippen molar-refractivity contribution in [3.8, 4) is 5.75 Å². The van der Waals surface area contributed by atoms with Gasteiger partial charge in [-0.2, -0.15) is 0 Å². The Morgan fingerprint density at radius 1 is 1.29 bits per heavy atom. The van der Waals surface area contributed by atoms with Crippen molar-refractivity contribution in [1.82, 2.24) is 10.4 Å². The summed E-state index contributed by atoms with van der Waals surface area (Å²) in [5.74, 6) is 6.97. The maximum atomic E-state index is 5.87. The summed E-state index contributed by atoms with van der Waals surface area (Å²) in [6.07, 6.45) is 5.21. The molecule has 1 aliphatic carbocycles. The van der Waals surface area contributed by atoms with E-state index >= 15 is 0 Å². The summed E-state index contributed by atoms with van der Waals surface area (Å²) in [6.45, 7) is 0. The zero-order valence-electron chi connectivity index (χ0n) is 12.3. The standard InChI is InChI=1S/C17H21N3O/c1-21-15-10-5-11-19-17(15)16(20-18)14-9-4-7-12-6-2-3-8-13(12)14/h2-3,5-6,8,10-11,14,16,20H,4,7,9,18H2,1H3. The normalized spacial score (nSPS) is 18.9. The topological polar surface area (TPSA) is 60.2 Å². The summed E-state index contributed by atoms with van der Waals surface area (Å²) < 4.78 is 5.45. The van der Waals surface area contributed by atoms with Crippen LogP contribution in [0.1, 0.15) is 41.6 Å². The van der Waals surface area contributed by atoms with Crippen molar-refractivity contribution in [3.63, 3.8) is 0 Å². The molecule has 1 aliphatic rings. The number of benzene rings is 1. The van der Waals surface area contributed by atoms with Gasteiger partial charge < -0.3 is 4.74 Å². The molecule has 3 rings (SSSR count). The van der Waals surface area contributed by atoms with Gasteiger partial charge in [0.2, 0.25) is 0 Å². The van der Waals surface area contributed by atoms with Gasteiger partial charge in [0.1, 0.15) is 11.4 Å². The van der Waals surface area contributed by atoms with Crippen LogP contribution in [-0.4, -0.2) is 12.1 Å². The third-order valence-electron chi connectivity index (χ3n) is 4.31. The molecule has 0 spiro atoms. The number of aryl methyl sites for hydroxylation is 1. The highest BCUT2D eigenvalue weighted by Gasteiger charge is 2.30. The van der Waals surface area contributed by atoms with Crippen molar-refractivity contribution in [2.45, 2.75) is 31.2 Å². The Balaban J connectivity index is 2.01. The lowest BCUT2D eigenvalue weighted by atomic mass is 9.78. The molecule has 1 aromatic carbocycles. The molecule has 3 N–H and O–H groups in total. The molecule has 1 aromatic heterocycles. The zero-order valence-corrected chi connectivity index (χ0v) is 12.3. The highest BCUT2D eigenvalue weighted by molar-refractivity contribution is 5.38. The fourth-order valence-electron chi connectivity index (χ4n) is 3.33. The highest BCUT2D eigenvalue weighted by Crippen LogP contribution is 2.41. The summed E-state index contributed by atoms with van der Waals surface area (Å²) in [5.41, 5.74) is 6.63. The van der Waals surface area contributed by atoms with E-state index < -0.39 is 0 Å². The predicted molar refractivity (Wildman–Crippen MR) is 83.0 cm³/mol. The Morgan fingerprint density at radius 2 is 2.14 bits per heavy atom. The number of rotatable bonds is 4. The molecule has 0 fully saturated rings. The second-order valence-corrected chi connectivity index (χ2v) is 5.43. The molecule has 0 saturated carbocycles. The molecular weight excluding hydrogens is 262 g/mol. The number of hydrogen-bond donors (Lipinski definition) is 2. The maximum Gasteiger partial charge on any atom is 0.142 e. The van der Waals surface area contributed by atoms with E-state index in [1.165, 1.54) is 17.5 Å². The fourth-order valence-corrected chi connectivity index (χ4v) is 3.33. The molecule has 0 bridgehead atoms. The molecule has 0 saturated heterocycles. The van der Waals surface area contributed by atoms with Crippen LogP contribution in [0.25, 0.3) is 0 Å². The maximum absolute atomic E-state index is 5.87. The van der Waals surface area contributed by atoms with Crippen molar-refractivity contribution < 1.29 is 4.74 Å². The molecule has 0 aliphatic heterocycles. The predicted octanol–water partition coefficient (Wildman–Crippen LogP) is 2.71. The van der Waals surface area contributed by atoms with Gasteiger partial charge in [-0.1, -0.05) is 24.3 Å². The molecule has 2 unspecified atom stereocenters. The van der Waals surface area contributed by atoms with Gasteiger partial charge in [0, 0.05) is 12.1 Å². The van der Waals surface area contributed by atoms with E-state index in [1.54, 1.807) is 13.3 Å². The summed E-state index contributed by atoms with van der Waals surface area (Å²) in [4.78, 5) is 4.50. The van der Waals surface area contributed by atoms with Crippen LogP contribution < -0.4 is 16.0 Å². The van der Waals surface area contributed by atoms with E-state index in [1.807, 2.05) is 12.1 Å². The largest absolute Gasteiger partial charge is 0.495 e. The minimum atomic E-state index is -0.0393. The van der Waals surface area contributed by atoms with Crippen LogP contribution in [0.3, 0.4) is 0 Å². The number of nitrogens with two attached hydrogens (primary N) is 1. The summed E-state index contributed by atoms with van der Waals surface area (Å²) in [6, 6.07) is 12.4. The van der Waals surface area contributed by atoms with Crippen molar-refractivity contribution in [2.24, 2.45) is 5.84 Å². The van der Waals surface area contributed by atoms with Crippen molar-refractivity contribution in [1.29, 1.82) is 0 Å². The van der Waals surface area contributed by atoms with Crippen LogP contribution >= 0.6 is 0 Å². The first-order valence-corrected chi connectivity index (χ1v) is 7.38. The molecular formula is C17H21N3O. The van der Waals surface area contributed by atoms with Gasteiger partial charge in [0.05, 0.1) is 13.2 Å². The first-order valence-electron chi connectivity index (χ1n) is 7.38. The number of ether oxygens (including phenoxy) is 1. The highest BCUT2D eigenvalue weighted by atomic mass is 16.5. The molecule has 0 amide bonds. The number of pyridine rings is 1. The van der Waals surface area contributed by atoms with Crippen LogP contribution in [0.5, 0.6) is 5.75 Å². The van der Waals surface area contributed by atoms with Gasteiger partial charge in [0.25, 0.3) is 0 Å². The minimum Gasteiger partial charge on any atom is -0.495 e. The lowest BCUT2D eigenvalue weighted by molar-refractivity contribution is 0.363. The number of methoxy groups -OCH3 is 1. The summed E-state index contributed by atoms with van der Waals surface area (Å²) in [5, 5.41) is 0.